The molecule has 0 saturated carbocycles. The molecule has 13 heavy (non-hydrogen) atoms. The molecule has 0 aromatic rings. The molecule has 1 rings (SSSR count). The molecule has 1 heterocycles. The highest BCUT2D eigenvalue weighted by molar-refractivity contribution is 14.1. The number of halogens is 1. The molecule has 0 N–H and O–H groups in total. The second kappa shape index (κ2) is 5.14. The molecule has 1 saturated heterocycles. The van der Waals surface area contributed by atoms with Crippen LogP contribution < -0.4 is 0 Å². The Morgan fingerprint density at radius 2 is 2.08 bits per heavy atom. The van der Waals surface area contributed by atoms with E-state index in [9.17, 15) is 4.79 Å². The molecular weight excluding hydrogens is 281 g/mol. The lowest BCUT2D eigenvalue weighted by Gasteiger charge is -2.28. The average molecular weight is 297 g/mol. The summed E-state index contributed by atoms with van der Waals surface area (Å²) >= 11 is 2.08. The van der Waals surface area contributed by atoms with Gasteiger partial charge in [-0.3, -0.25) is 4.79 Å². The van der Waals surface area contributed by atoms with Gasteiger partial charge in [-0.05, 0) is 26.8 Å². The summed E-state index contributed by atoms with van der Waals surface area (Å²) in [5.41, 5.74) is 0. The van der Waals surface area contributed by atoms with Gasteiger partial charge in [0.25, 0.3) is 0 Å². The molecule has 1 aliphatic rings. The van der Waals surface area contributed by atoms with Crippen LogP contribution in [0.4, 0.5) is 0 Å². The maximum atomic E-state index is 11.2. The minimum Gasteiger partial charge on any atom is -0.461 e. The number of nitrogens with zero attached hydrogens (tertiary/aromatic N) is 1. The van der Waals surface area contributed by atoms with Crippen molar-refractivity contribution in [3.8, 4) is 0 Å². The average Bonchev–Trinajstić information content (AvgIpc) is 2.08. The van der Waals surface area contributed by atoms with Crippen molar-refractivity contribution in [2.24, 2.45) is 0 Å². The summed E-state index contributed by atoms with van der Waals surface area (Å²) in [5, 5.41) is 0. The van der Waals surface area contributed by atoms with Gasteiger partial charge in [0, 0.05) is 13.1 Å². The number of hydrogen-bond acceptors (Lipinski definition) is 3. The van der Waals surface area contributed by atoms with Crippen molar-refractivity contribution in [1.82, 2.24) is 4.90 Å². The van der Waals surface area contributed by atoms with Gasteiger partial charge in [-0.15, -0.1) is 0 Å². The van der Waals surface area contributed by atoms with Gasteiger partial charge in [0.2, 0.25) is 0 Å². The summed E-state index contributed by atoms with van der Waals surface area (Å²) < 4.78 is 5.30. The van der Waals surface area contributed by atoms with Gasteiger partial charge in [0.15, 0.2) is 0 Å². The van der Waals surface area contributed by atoms with Crippen LogP contribution in [0.15, 0.2) is 0 Å². The number of esters is 1. The first-order chi connectivity index (χ1) is 6.09. The third-order valence-corrected chi connectivity index (χ3v) is 2.78. The lowest BCUT2D eigenvalue weighted by molar-refractivity contribution is -0.149. The van der Waals surface area contributed by atoms with E-state index in [1.54, 1.807) is 0 Å². The Hall–Kier alpha value is 0.160. The predicted octanol–water partition coefficient (Wildman–Crippen LogP) is 1.45. The van der Waals surface area contributed by atoms with E-state index >= 15 is 0 Å². The van der Waals surface area contributed by atoms with E-state index in [-0.39, 0.29) is 16.0 Å². The highest BCUT2D eigenvalue weighted by Crippen LogP contribution is 2.14. The maximum absolute atomic E-state index is 11.2. The topological polar surface area (TPSA) is 29.5 Å². The molecule has 1 atom stereocenters. The maximum Gasteiger partial charge on any atom is 0.318 e. The molecule has 76 valence electrons. The van der Waals surface area contributed by atoms with Crippen molar-refractivity contribution in [3.63, 3.8) is 0 Å². The summed E-state index contributed by atoms with van der Waals surface area (Å²) in [6.07, 6.45) is 2.11. The predicted molar refractivity (Wildman–Crippen MR) is 60.1 cm³/mol. The van der Waals surface area contributed by atoms with Crippen LogP contribution in [0.1, 0.15) is 19.8 Å². The van der Waals surface area contributed by atoms with E-state index in [4.69, 9.17) is 4.74 Å². The lowest BCUT2D eigenvalue weighted by atomic mass is 10.1. The molecule has 0 aromatic heterocycles. The van der Waals surface area contributed by atoms with Crippen molar-refractivity contribution >= 4 is 28.6 Å². The highest BCUT2D eigenvalue weighted by atomic mass is 127. The van der Waals surface area contributed by atoms with Crippen LogP contribution >= 0.6 is 22.6 Å². The van der Waals surface area contributed by atoms with E-state index in [1.165, 1.54) is 0 Å². The van der Waals surface area contributed by atoms with Gasteiger partial charge in [-0.1, -0.05) is 22.6 Å². The Labute approximate surface area is 92.9 Å². The first-order valence-electron chi connectivity index (χ1n) is 4.62. The molecular formula is C9H16INO2. The normalized spacial score (nSPS) is 22.7. The molecule has 0 amide bonds. The number of hydrogen-bond donors (Lipinski definition) is 0. The largest absolute Gasteiger partial charge is 0.461 e. The third-order valence-electron chi connectivity index (χ3n) is 2.27. The van der Waals surface area contributed by atoms with Gasteiger partial charge in [-0.2, -0.15) is 0 Å². The summed E-state index contributed by atoms with van der Waals surface area (Å²) in [5.74, 6) is -0.0739. The summed E-state index contributed by atoms with van der Waals surface area (Å²) in [7, 11) is 2.10. The van der Waals surface area contributed by atoms with Crippen LogP contribution in [0.3, 0.4) is 0 Å². The first kappa shape index (κ1) is 11.2. The second-order valence-electron chi connectivity index (χ2n) is 3.56. The Bertz CT molecular complexity index is 176. The molecule has 0 spiro atoms. The van der Waals surface area contributed by atoms with Gasteiger partial charge < -0.3 is 9.64 Å². The fourth-order valence-corrected chi connectivity index (χ4v) is 1.51. The van der Waals surface area contributed by atoms with Crippen molar-refractivity contribution in [3.05, 3.63) is 0 Å². The van der Waals surface area contributed by atoms with Gasteiger partial charge in [-0.25, -0.2) is 0 Å². The van der Waals surface area contributed by atoms with Crippen LogP contribution in [0, 0.1) is 0 Å². The molecule has 3 nitrogen and oxygen atoms in total. The minimum atomic E-state index is -0.0739. The van der Waals surface area contributed by atoms with Crippen LogP contribution in [0.2, 0.25) is 0 Å². The molecule has 1 fully saturated rings. The Kier molecular flexibility index (Phi) is 4.45. The van der Waals surface area contributed by atoms with E-state index in [1.807, 2.05) is 6.92 Å². The zero-order valence-corrected chi connectivity index (χ0v) is 10.3. The Balaban J connectivity index is 2.26. The summed E-state index contributed by atoms with van der Waals surface area (Å²) in [6, 6.07) is 0. The summed E-state index contributed by atoms with van der Waals surface area (Å²) in [6.45, 7) is 3.93. The zero-order valence-electron chi connectivity index (χ0n) is 8.12. The van der Waals surface area contributed by atoms with E-state index in [2.05, 4.69) is 34.5 Å². The molecule has 1 unspecified atom stereocenters. The molecule has 0 aliphatic carbocycles. The van der Waals surface area contributed by atoms with E-state index in [0.29, 0.717) is 0 Å². The Morgan fingerprint density at radius 1 is 1.54 bits per heavy atom. The first-order valence-corrected chi connectivity index (χ1v) is 5.87. The highest BCUT2D eigenvalue weighted by Gasteiger charge is 2.21. The second-order valence-corrected chi connectivity index (χ2v) is 5.42. The fraction of sp³-hybridized carbons (Fsp3) is 0.889. The molecule has 1 aliphatic heterocycles. The monoisotopic (exact) mass is 297 g/mol. The number of rotatable bonds is 2. The summed E-state index contributed by atoms with van der Waals surface area (Å²) in [4.78, 5) is 13.5. The zero-order chi connectivity index (χ0) is 9.84. The smallest absolute Gasteiger partial charge is 0.318 e. The number of ether oxygens (including phenoxy) is 1. The third kappa shape index (κ3) is 3.81. The van der Waals surface area contributed by atoms with E-state index in [0.717, 1.165) is 25.9 Å². The molecule has 0 bridgehead atoms. The standard InChI is InChI=1S/C9H16INO2/c1-7(10)9(12)13-8-3-5-11(2)6-4-8/h7-8H,3-6H2,1-2H3. The quantitative estimate of drug-likeness (QED) is 0.439. The SMILES string of the molecule is CC(I)C(=O)OC1CCN(C)CC1. The number of likely N-dealkylation sites (tertiary alicyclic amines) is 1. The van der Waals surface area contributed by atoms with Crippen molar-refractivity contribution in [2.45, 2.75) is 29.8 Å². The van der Waals surface area contributed by atoms with E-state index < -0.39 is 0 Å². The van der Waals surface area contributed by atoms with Gasteiger partial charge in [0.1, 0.15) is 10.0 Å². The van der Waals surface area contributed by atoms with Crippen LogP contribution in [-0.4, -0.2) is 41.0 Å². The van der Waals surface area contributed by atoms with Crippen LogP contribution in [-0.2, 0) is 9.53 Å². The molecule has 0 aromatic carbocycles. The molecule has 4 heteroatoms. The Morgan fingerprint density at radius 3 is 2.54 bits per heavy atom. The number of carbonyl (C=O) groups is 1. The number of piperidine rings is 1. The lowest BCUT2D eigenvalue weighted by Crippen LogP contribution is -2.36. The van der Waals surface area contributed by atoms with Crippen molar-refractivity contribution < 1.29 is 9.53 Å². The number of alkyl halides is 1. The van der Waals surface area contributed by atoms with Crippen LogP contribution in [0.5, 0.6) is 0 Å². The minimum absolute atomic E-state index is 0.0303. The van der Waals surface area contributed by atoms with Gasteiger partial charge >= 0.3 is 5.97 Å². The van der Waals surface area contributed by atoms with Crippen molar-refractivity contribution in [2.75, 3.05) is 20.1 Å². The van der Waals surface area contributed by atoms with Crippen molar-refractivity contribution in [1.29, 1.82) is 0 Å². The van der Waals surface area contributed by atoms with Crippen LogP contribution in [0.25, 0.3) is 0 Å². The fourth-order valence-electron chi connectivity index (χ4n) is 1.36. The molecule has 0 radical (unpaired) electrons. The van der Waals surface area contributed by atoms with Gasteiger partial charge in [0.05, 0.1) is 0 Å². The number of carbonyl (C=O) groups excluding carboxylic acids is 1.